The van der Waals surface area contributed by atoms with Crippen LogP contribution in [0.2, 0.25) is 0 Å². The molecule has 2 atom stereocenters. The molecule has 7 nitrogen and oxygen atoms in total. The van der Waals surface area contributed by atoms with Gasteiger partial charge in [0.15, 0.2) is 11.5 Å². The summed E-state index contributed by atoms with van der Waals surface area (Å²) in [5, 5.41) is 11.8. The van der Waals surface area contributed by atoms with Gasteiger partial charge in [0, 0.05) is 23.5 Å². The number of aromatic nitrogens is 1. The molecule has 2 aliphatic rings. The van der Waals surface area contributed by atoms with E-state index in [2.05, 4.69) is 4.98 Å². The van der Waals surface area contributed by atoms with Crippen molar-refractivity contribution in [2.24, 2.45) is 5.92 Å². The summed E-state index contributed by atoms with van der Waals surface area (Å²) in [4.78, 5) is 30.3. The quantitative estimate of drug-likeness (QED) is 0.889. The number of aliphatic carboxylic acids is 1. The zero-order chi connectivity index (χ0) is 18.3. The maximum atomic E-state index is 12.8. The normalized spacial score (nSPS) is 21.7. The Morgan fingerprint density at radius 1 is 1.31 bits per heavy atom. The number of carboxylic acids is 1. The highest BCUT2D eigenvalue weighted by Gasteiger charge is 2.36. The number of carboxylic acid groups (broad SMARTS) is 1. The summed E-state index contributed by atoms with van der Waals surface area (Å²) < 4.78 is 10.7. The van der Waals surface area contributed by atoms with Crippen molar-refractivity contribution < 1.29 is 24.2 Å². The van der Waals surface area contributed by atoms with Crippen molar-refractivity contribution in [2.75, 3.05) is 13.3 Å². The van der Waals surface area contributed by atoms with Crippen LogP contribution >= 0.6 is 11.3 Å². The molecular formula is C18H18N2O5S. The van der Waals surface area contributed by atoms with Crippen LogP contribution in [0, 0.1) is 5.92 Å². The third-order valence-electron chi connectivity index (χ3n) is 4.91. The zero-order valence-corrected chi connectivity index (χ0v) is 15.0. The molecule has 4 rings (SSSR count). The highest BCUT2D eigenvalue weighted by Crippen LogP contribution is 2.37. The Morgan fingerprint density at radius 2 is 2.12 bits per heavy atom. The van der Waals surface area contributed by atoms with Crippen molar-refractivity contribution in [3.8, 4) is 22.1 Å². The molecule has 0 bridgehead atoms. The molecule has 1 N–H and O–H groups in total. The van der Waals surface area contributed by atoms with Crippen molar-refractivity contribution in [2.45, 2.75) is 25.8 Å². The van der Waals surface area contributed by atoms with Crippen molar-refractivity contribution in [3.63, 3.8) is 0 Å². The molecule has 0 unspecified atom stereocenters. The van der Waals surface area contributed by atoms with E-state index in [1.165, 1.54) is 11.3 Å². The second-order valence-electron chi connectivity index (χ2n) is 6.43. The molecule has 136 valence electrons. The van der Waals surface area contributed by atoms with Gasteiger partial charge in [-0.25, -0.2) is 4.98 Å². The van der Waals surface area contributed by atoms with Gasteiger partial charge in [0.25, 0.3) is 5.91 Å². The van der Waals surface area contributed by atoms with E-state index in [4.69, 9.17) is 9.47 Å². The van der Waals surface area contributed by atoms with Gasteiger partial charge in [0.05, 0.1) is 5.92 Å². The fraction of sp³-hybridized carbons (Fsp3) is 0.389. The average Bonchev–Trinajstić information content (AvgIpc) is 3.29. The molecule has 3 heterocycles. The first-order chi connectivity index (χ1) is 12.5. The number of fused-ring (bicyclic) bond motifs is 1. The number of carbonyl (C=O) groups is 2. The molecule has 1 amide bonds. The average molecular weight is 374 g/mol. The van der Waals surface area contributed by atoms with Crippen molar-refractivity contribution in [1.82, 2.24) is 9.88 Å². The summed E-state index contributed by atoms with van der Waals surface area (Å²) in [5.74, 6) is -0.233. The second-order valence-corrected chi connectivity index (χ2v) is 7.29. The minimum Gasteiger partial charge on any atom is -0.481 e. The number of nitrogens with zero attached hydrogens (tertiary/aromatic N) is 2. The Hall–Kier alpha value is -2.61. The summed E-state index contributed by atoms with van der Waals surface area (Å²) in [5.41, 5.74) is 1.20. The molecule has 0 spiro atoms. The zero-order valence-electron chi connectivity index (χ0n) is 14.2. The van der Waals surface area contributed by atoms with E-state index >= 15 is 0 Å². The van der Waals surface area contributed by atoms with E-state index in [-0.39, 0.29) is 18.7 Å². The summed E-state index contributed by atoms with van der Waals surface area (Å²) >= 11 is 1.38. The molecule has 0 aliphatic carbocycles. The number of hydrogen-bond donors (Lipinski definition) is 1. The maximum Gasteiger partial charge on any atom is 0.308 e. The fourth-order valence-corrected chi connectivity index (χ4v) is 4.23. The van der Waals surface area contributed by atoms with Gasteiger partial charge in [-0.2, -0.15) is 0 Å². The van der Waals surface area contributed by atoms with Crippen LogP contribution in [0.15, 0.2) is 23.6 Å². The Kier molecular flexibility index (Phi) is 4.28. The second kappa shape index (κ2) is 6.60. The maximum absolute atomic E-state index is 12.8. The molecule has 26 heavy (non-hydrogen) atoms. The Labute approximate surface area is 154 Å². The third-order valence-corrected chi connectivity index (χ3v) is 5.80. The SMILES string of the molecule is C[C@@H]1[C@H](C(=O)O)CCCN1C(=O)c1csc(-c2ccc3c(c2)OCO3)n1. The number of amides is 1. The minimum atomic E-state index is -0.852. The molecular weight excluding hydrogens is 356 g/mol. The van der Waals surface area contributed by atoms with Gasteiger partial charge in [0.2, 0.25) is 6.79 Å². The first-order valence-electron chi connectivity index (χ1n) is 8.44. The number of ether oxygens (including phenoxy) is 2. The standard InChI is InChI=1S/C18H18N2O5S/c1-10-12(18(22)23)3-2-6-20(10)17(21)13-8-26-16(19-13)11-4-5-14-15(7-11)25-9-24-14/h4-5,7-8,10,12H,2-3,6,9H2,1H3,(H,22,23)/t10-,12-/m1/s1. The van der Waals surface area contributed by atoms with Crippen molar-refractivity contribution in [1.29, 1.82) is 0 Å². The number of hydrogen-bond acceptors (Lipinski definition) is 6. The predicted octanol–water partition coefficient (Wildman–Crippen LogP) is 2.86. The Bertz CT molecular complexity index is 865. The largest absolute Gasteiger partial charge is 0.481 e. The van der Waals surface area contributed by atoms with E-state index in [0.29, 0.717) is 41.6 Å². The lowest BCUT2D eigenvalue weighted by atomic mass is 9.90. The molecule has 0 saturated carbocycles. The molecule has 1 saturated heterocycles. The van der Waals surface area contributed by atoms with Crippen LogP contribution in [0.4, 0.5) is 0 Å². The highest BCUT2D eigenvalue weighted by atomic mass is 32.1. The number of carbonyl (C=O) groups excluding carboxylic acids is 1. The van der Waals surface area contributed by atoms with E-state index in [1.807, 2.05) is 18.2 Å². The van der Waals surface area contributed by atoms with Crippen LogP contribution in [0.1, 0.15) is 30.3 Å². The van der Waals surface area contributed by atoms with E-state index in [0.717, 1.165) is 5.56 Å². The monoisotopic (exact) mass is 374 g/mol. The van der Waals surface area contributed by atoms with Gasteiger partial charge < -0.3 is 19.5 Å². The lowest BCUT2D eigenvalue weighted by molar-refractivity contribution is -0.144. The molecule has 1 aromatic heterocycles. The summed E-state index contributed by atoms with van der Waals surface area (Å²) in [6.07, 6.45) is 1.28. The van der Waals surface area contributed by atoms with Crippen LogP contribution in [0.5, 0.6) is 11.5 Å². The lowest BCUT2D eigenvalue weighted by Crippen LogP contribution is -2.49. The van der Waals surface area contributed by atoms with Gasteiger partial charge >= 0.3 is 5.97 Å². The number of thiazole rings is 1. The molecule has 1 fully saturated rings. The number of benzene rings is 1. The van der Waals surface area contributed by atoms with Crippen molar-refractivity contribution in [3.05, 3.63) is 29.3 Å². The minimum absolute atomic E-state index is 0.206. The van der Waals surface area contributed by atoms with Crippen molar-refractivity contribution >= 4 is 23.2 Å². The summed E-state index contributed by atoms with van der Waals surface area (Å²) in [6, 6.07) is 5.21. The summed E-state index contributed by atoms with van der Waals surface area (Å²) in [6.45, 7) is 2.56. The highest BCUT2D eigenvalue weighted by molar-refractivity contribution is 7.13. The molecule has 8 heteroatoms. The van der Waals surface area contributed by atoms with Crippen LogP contribution in [-0.2, 0) is 4.79 Å². The molecule has 2 aliphatic heterocycles. The Morgan fingerprint density at radius 3 is 2.92 bits per heavy atom. The molecule has 1 aromatic carbocycles. The predicted molar refractivity (Wildman–Crippen MR) is 94.5 cm³/mol. The topological polar surface area (TPSA) is 89.0 Å². The number of piperidine rings is 1. The third kappa shape index (κ3) is 2.90. The van der Waals surface area contributed by atoms with Gasteiger partial charge in [-0.15, -0.1) is 11.3 Å². The van der Waals surface area contributed by atoms with Crippen LogP contribution < -0.4 is 9.47 Å². The van der Waals surface area contributed by atoms with Gasteiger partial charge in [0.1, 0.15) is 10.7 Å². The summed E-state index contributed by atoms with van der Waals surface area (Å²) in [7, 11) is 0. The lowest BCUT2D eigenvalue weighted by Gasteiger charge is -2.37. The fourth-order valence-electron chi connectivity index (χ4n) is 3.44. The van der Waals surface area contributed by atoms with E-state index in [1.54, 1.807) is 17.2 Å². The first-order valence-corrected chi connectivity index (χ1v) is 9.32. The van der Waals surface area contributed by atoms with Crippen LogP contribution in [0.3, 0.4) is 0 Å². The van der Waals surface area contributed by atoms with E-state index < -0.39 is 11.9 Å². The molecule has 2 aromatic rings. The van der Waals surface area contributed by atoms with E-state index in [9.17, 15) is 14.7 Å². The smallest absolute Gasteiger partial charge is 0.308 e. The molecule has 0 radical (unpaired) electrons. The first kappa shape index (κ1) is 16.8. The van der Waals surface area contributed by atoms with Gasteiger partial charge in [-0.1, -0.05) is 0 Å². The van der Waals surface area contributed by atoms with Crippen LogP contribution in [-0.4, -0.2) is 46.2 Å². The van der Waals surface area contributed by atoms with Gasteiger partial charge in [-0.3, -0.25) is 9.59 Å². The van der Waals surface area contributed by atoms with Crippen LogP contribution in [0.25, 0.3) is 10.6 Å². The Balaban J connectivity index is 1.56. The van der Waals surface area contributed by atoms with Gasteiger partial charge in [-0.05, 0) is 38.0 Å². The number of rotatable bonds is 3. The number of likely N-dealkylation sites (tertiary alicyclic amines) is 1.